The van der Waals surface area contributed by atoms with E-state index >= 15 is 0 Å². The largest absolute Gasteiger partial charge is 0.480 e. The van der Waals surface area contributed by atoms with Gasteiger partial charge in [-0.25, -0.2) is 9.59 Å². The van der Waals surface area contributed by atoms with E-state index in [1.54, 1.807) is 6.07 Å². The van der Waals surface area contributed by atoms with Crippen molar-refractivity contribution in [2.45, 2.75) is 13.0 Å². The van der Waals surface area contributed by atoms with Crippen molar-refractivity contribution in [3.05, 3.63) is 22.2 Å². The molecule has 0 amide bonds. The first-order chi connectivity index (χ1) is 9.85. The SMILES string of the molecule is COC(=O)c1cc(N)c(N[C@H](C)COCC(=O)O)c(Br)c1. The van der Waals surface area contributed by atoms with Crippen molar-refractivity contribution in [1.82, 2.24) is 0 Å². The molecule has 0 aliphatic carbocycles. The number of hydrogen-bond donors (Lipinski definition) is 3. The lowest BCUT2D eigenvalue weighted by atomic mass is 10.1. The van der Waals surface area contributed by atoms with E-state index in [9.17, 15) is 9.59 Å². The zero-order chi connectivity index (χ0) is 16.0. The van der Waals surface area contributed by atoms with E-state index in [2.05, 4.69) is 26.0 Å². The number of carbonyl (C=O) groups is 2. The van der Waals surface area contributed by atoms with Crippen LogP contribution in [0.1, 0.15) is 17.3 Å². The zero-order valence-corrected chi connectivity index (χ0v) is 13.3. The van der Waals surface area contributed by atoms with Gasteiger partial charge in [-0.15, -0.1) is 0 Å². The molecule has 0 saturated heterocycles. The average Bonchev–Trinajstić information content (AvgIpc) is 2.41. The Bertz CT molecular complexity index is 512. The van der Waals surface area contributed by atoms with Gasteiger partial charge in [-0.1, -0.05) is 0 Å². The van der Waals surface area contributed by atoms with Crippen LogP contribution in [0.15, 0.2) is 16.6 Å². The fourth-order valence-electron chi connectivity index (χ4n) is 1.63. The maximum Gasteiger partial charge on any atom is 0.337 e. The highest BCUT2D eigenvalue weighted by Gasteiger charge is 2.14. The third kappa shape index (κ3) is 5.24. The number of anilines is 2. The molecule has 0 fully saturated rings. The molecule has 7 nitrogen and oxygen atoms in total. The molecule has 116 valence electrons. The molecular formula is C13H17BrN2O5. The molecule has 1 atom stereocenters. The van der Waals surface area contributed by atoms with Gasteiger partial charge in [-0.2, -0.15) is 0 Å². The quantitative estimate of drug-likeness (QED) is 0.501. The Kier molecular flexibility index (Phi) is 6.44. The van der Waals surface area contributed by atoms with Crippen LogP contribution in [-0.4, -0.2) is 43.4 Å². The number of carbonyl (C=O) groups excluding carboxylic acids is 1. The number of nitrogens with one attached hydrogen (secondary N) is 1. The Morgan fingerprint density at radius 1 is 1.48 bits per heavy atom. The van der Waals surface area contributed by atoms with Gasteiger partial charge in [0.25, 0.3) is 0 Å². The topological polar surface area (TPSA) is 111 Å². The highest BCUT2D eigenvalue weighted by atomic mass is 79.9. The monoisotopic (exact) mass is 360 g/mol. The molecule has 0 saturated carbocycles. The van der Waals surface area contributed by atoms with Crippen molar-refractivity contribution < 1.29 is 24.2 Å². The van der Waals surface area contributed by atoms with Crippen molar-refractivity contribution in [3.8, 4) is 0 Å². The van der Waals surface area contributed by atoms with Crippen LogP contribution in [0.5, 0.6) is 0 Å². The predicted molar refractivity (Wildman–Crippen MR) is 81.4 cm³/mol. The lowest BCUT2D eigenvalue weighted by molar-refractivity contribution is -0.142. The van der Waals surface area contributed by atoms with Gasteiger partial charge in [0.15, 0.2) is 0 Å². The van der Waals surface area contributed by atoms with Crippen molar-refractivity contribution >= 4 is 39.2 Å². The number of hydrogen-bond acceptors (Lipinski definition) is 6. The van der Waals surface area contributed by atoms with Crippen molar-refractivity contribution in [1.29, 1.82) is 0 Å². The normalized spacial score (nSPS) is 11.8. The summed E-state index contributed by atoms with van der Waals surface area (Å²) < 4.78 is 10.2. The van der Waals surface area contributed by atoms with E-state index in [1.165, 1.54) is 13.2 Å². The van der Waals surface area contributed by atoms with Gasteiger partial charge in [-0.3, -0.25) is 0 Å². The first-order valence-electron chi connectivity index (χ1n) is 6.08. The second kappa shape index (κ2) is 7.84. The second-order valence-electron chi connectivity index (χ2n) is 4.37. The fraction of sp³-hybridized carbons (Fsp3) is 0.385. The van der Waals surface area contributed by atoms with E-state index in [0.717, 1.165) is 0 Å². The molecule has 0 radical (unpaired) electrons. The minimum Gasteiger partial charge on any atom is -0.480 e. The highest BCUT2D eigenvalue weighted by Crippen LogP contribution is 2.31. The zero-order valence-electron chi connectivity index (χ0n) is 11.7. The standard InChI is InChI=1S/C13H17BrN2O5/c1-7(5-21-6-11(17)18)16-12-9(14)3-8(4-10(12)15)13(19)20-2/h3-4,7,16H,5-6,15H2,1-2H3,(H,17,18)/t7-/m1/s1. The molecule has 0 spiro atoms. The summed E-state index contributed by atoms with van der Waals surface area (Å²) in [5.41, 5.74) is 7.22. The summed E-state index contributed by atoms with van der Waals surface area (Å²) in [6.07, 6.45) is 0. The lowest BCUT2D eigenvalue weighted by Crippen LogP contribution is -2.24. The van der Waals surface area contributed by atoms with Crippen LogP contribution < -0.4 is 11.1 Å². The molecule has 1 aromatic carbocycles. The Hall–Kier alpha value is -1.80. The smallest absolute Gasteiger partial charge is 0.337 e. The molecule has 0 unspecified atom stereocenters. The van der Waals surface area contributed by atoms with Gasteiger partial charge < -0.3 is 25.6 Å². The summed E-state index contributed by atoms with van der Waals surface area (Å²) >= 11 is 3.33. The van der Waals surface area contributed by atoms with E-state index in [4.69, 9.17) is 15.6 Å². The number of carboxylic acids is 1. The first-order valence-corrected chi connectivity index (χ1v) is 6.87. The van der Waals surface area contributed by atoms with Crippen LogP contribution >= 0.6 is 15.9 Å². The Morgan fingerprint density at radius 2 is 2.14 bits per heavy atom. The summed E-state index contributed by atoms with van der Waals surface area (Å²) in [6.45, 7) is 1.67. The molecule has 21 heavy (non-hydrogen) atoms. The fourth-order valence-corrected chi connectivity index (χ4v) is 2.22. The van der Waals surface area contributed by atoms with Gasteiger partial charge in [0.05, 0.1) is 30.7 Å². The Labute approximate surface area is 130 Å². The van der Waals surface area contributed by atoms with E-state index in [-0.39, 0.29) is 19.3 Å². The summed E-state index contributed by atoms with van der Waals surface area (Å²) in [5, 5.41) is 11.6. The van der Waals surface area contributed by atoms with E-state index in [1.807, 2.05) is 6.92 Å². The van der Waals surface area contributed by atoms with E-state index in [0.29, 0.717) is 21.4 Å². The third-order valence-electron chi connectivity index (χ3n) is 2.53. The van der Waals surface area contributed by atoms with Gasteiger partial charge in [0, 0.05) is 10.5 Å². The van der Waals surface area contributed by atoms with E-state index < -0.39 is 11.9 Å². The molecule has 0 aliphatic heterocycles. The van der Waals surface area contributed by atoms with Crippen molar-refractivity contribution in [2.75, 3.05) is 31.4 Å². The maximum absolute atomic E-state index is 11.5. The molecule has 4 N–H and O–H groups in total. The van der Waals surface area contributed by atoms with Gasteiger partial charge in [0.2, 0.25) is 0 Å². The number of nitrogen functional groups attached to an aromatic ring is 1. The molecule has 0 aliphatic rings. The molecule has 1 aromatic rings. The van der Waals surface area contributed by atoms with Gasteiger partial charge in [-0.05, 0) is 35.0 Å². The third-order valence-corrected chi connectivity index (χ3v) is 3.15. The summed E-state index contributed by atoms with van der Waals surface area (Å²) in [6, 6.07) is 2.94. The number of carboxylic acid groups (broad SMARTS) is 1. The lowest BCUT2D eigenvalue weighted by Gasteiger charge is -2.18. The molecule has 8 heteroatoms. The molecular weight excluding hydrogens is 344 g/mol. The Morgan fingerprint density at radius 3 is 2.67 bits per heavy atom. The number of rotatable bonds is 7. The minimum atomic E-state index is -1.02. The number of esters is 1. The van der Waals surface area contributed by atoms with Gasteiger partial charge >= 0.3 is 11.9 Å². The predicted octanol–water partition coefficient (Wildman–Crippen LogP) is 1.72. The molecule has 1 rings (SSSR count). The number of benzene rings is 1. The van der Waals surface area contributed by atoms with Crippen LogP contribution in [-0.2, 0) is 14.3 Å². The van der Waals surface area contributed by atoms with Crippen LogP contribution in [0.25, 0.3) is 0 Å². The van der Waals surface area contributed by atoms with Crippen LogP contribution in [0, 0.1) is 0 Å². The molecule has 0 aromatic heterocycles. The van der Waals surface area contributed by atoms with Crippen LogP contribution in [0.2, 0.25) is 0 Å². The summed E-state index contributed by atoms with van der Waals surface area (Å²) in [5.74, 6) is -1.50. The van der Waals surface area contributed by atoms with Crippen LogP contribution in [0.3, 0.4) is 0 Å². The summed E-state index contributed by atoms with van der Waals surface area (Å²) in [4.78, 5) is 21.8. The second-order valence-corrected chi connectivity index (χ2v) is 5.22. The number of halogens is 1. The number of methoxy groups -OCH3 is 1. The Balaban J connectivity index is 2.75. The van der Waals surface area contributed by atoms with Crippen molar-refractivity contribution in [3.63, 3.8) is 0 Å². The van der Waals surface area contributed by atoms with Crippen molar-refractivity contribution in [2.24, 2.45) is 0 Å². The average molecular weight is 361 g/mol. The summed E-state index contributed by atoms with van der Waals surface area (Å²) in [7, 11) is 1.29. The van der Waals surface area contributed by atoms with Gasteiger partial charge in [0.1, 0.15) is 6.61 Å². The van der Waals surface area contributed by atoms with Crippen LogP contribution in [0.4, 0.5) is 11.4 Å². The maximum atomic E-state index is 11.5. The number of ether oxygens (including phenoxy) is 2. The minimum absolute atomic E-state index is 0.160. The number of nitrogens with two attached hydrogens (primary N) is 1. The molecule has 0 bridgehead atoms. The number of aliphatic carboxylic acids is 1. The molecule has 0 heterocycles. The first kappa shape index (κ1) is 17.3. The highest BCUT2D eigenvalue weighted by molar-refractivity contribution is 9.10.